The predicted octanol–water partition coefficient (Wildman–Crippen LogP) is 9.91. The van der Waals surface area contributed by atoms with E-state index in [4.69, 9.17) is 5.11 Å². The van der Waals surface area contributed by atoms with Gasteiger partial charge in [-0.1, -0.05) is 0 Å². The van der Waals surface area contributed by atoms with Gasteiger partial charge in [0.25, 0.3) is 0 Å². The molecule has 1 aromatic rings. The number of hydrogen-bond acceptors (Lipinski definition) is 2. The Labute approximate surface area is 243 Å². The van der Waals surface area contributed by atoms with E-state index in [1.165, 1.54) is 0 Å². The first-order valence-corrected chi connectivity index (χ1v) is 10.6. The number of halogens is 27. The van der Waals surface area contributed by atoms with Crippen molar-refractivity contribution in [3.05, 3.63) is 24.3 Å². The van der Waals surface area contributed by atoms with Gasteiger partial charge >= 0.3 is 77.4 Å². The number of benzene rings is 1. The van der Waals surface area contributed by atoms with E-state index in [0.29, 0.717) is 0 Å². The molecule has 0 saturated carbocycles. The molecule has 0 heterocycles. The van der Waals surface area contributed by atoms with Crippen LogP contribution in [0.1, 0.15) is 0 Å². The summed E-state index contributed by atoms with van der Waals surface area (Å²) < 4.78 is 366. The summed E-state index contributed by atoms with van der Waals surface area (Å²) in [5.41, 5.74) is 0. The van der Waals surface area contributed by atoms with Crippen molar-refractivity contribution >= 4 is 0 Å². The van der Waals surface area contributed by atoms with Crippen LogP contribution in [0.5, 0.6) is 11.5 Å². The lowest BCUT2D eigenvalue weighted by Gasteiger charge is -2.45. The standard InChI is InChI=1S/C19H5F27O2/c20-7(21,8(22,23)10(26,27)12(30,31)14(34,35)16(38,39)18(42,43)44)9(24,25)11(28,29)13(32,33)15(36,37)17(40,41)19(45,46)48-6-3-1-5(47)2-4-6/h1-4,47H. The minimum absolute atomic E-state index is 0.120. The van der Waals surface area contributed by atoms with Gasteiger partial charge in [0.1, 0.15) is 11.5 Å². The number of phenols is 1. The Balaban J connectivity index is 3.87. The number of rotatable bonds is 13. The van der Waals surface area contributed by atoms with Crippen molar-refractivity contribution in [2.45, 2.75) is 77.4 Å². The van der Waals surface area contributed by atoms with E-state index < -0.39 is 88.9 Å². The largest absolute Gasteiger partial charge is 0.508 e. The molecule has 0 radical (unpaired) electrons. The van der Waals surface area contributed by atoms with Crippen LogP contribution < -0.4 is 4.74 Å². The predicted molar refractivity (Wildman–Crippen MR) is 94.2 cm³/mol. The summed E-state index contributed by atoms with van der Waals surface area (Å²) in [7, 11) is 0. The molecule has 29 heteroatoms. The Bertz CT molecular complexity index is 1310. The minimum Gasteiger partial charge on any atom is -0.508 e. The van der Waals surface area contributed by atoms with Crippen LogP contribution in [0.15, 0.2) is 24.3 Å². The number of ether oxygens (including phenoxy) is 1. The average Bonchev–Trinajstić information content (AvgIpc) is 2.87. The van der Waals surface area contributed by atoms with Crippen molar-refractivity contribution in [2.24, 2.45) is 0 Å². The van der Waals surface area contributed by atoms with Gasteiger partial charge in [0.2, 0.25) is 0 Å². The van der Waals surface area contributed by atoms with E-state index in [1.54, 1.807) is 0 Å². The van der Waals surface area contributed by atoms with Gasteiger partial charge < -0.3 is 9.84 Å². The Kier molecular flexibility index (Phi) is 9.81. The lowest BCUT2D eigenvalue weighted by Crippen LogP contribution is -2.79. The third-order valence-electron chi connectivity index (χ3n) is 5.75. The molecule has 0 aromatic heterocycles. The van der Waals surface area contributed by atoms with E-state index in [2.05, 4.69) is 4.74 Å². The Morgan fingerprint density at radius 1 is 0.312 bits per heavy atom. The third-order valence-corrected chi connectivity index (χ3v) is 5.75. The molecule has 0 aliphatic carbocycles. The third kappa shape index (κ3) is 5.25. The molecular formula is C19H5F27O2. The highest BCUT2D eigenvalue weighted by molar-refractivity contribution is 5.30. The molecule has 0 bridgehead atoms. The van der Waals surface area contributed by atoms with Crippen LogP contribution in [-0.4, -0.2) is 82.5 Å². The first-order valence-electron chi connectivity index (χ1n) is 10.6. The molecule has 1 aromatic carbocycles. The molecule has 0 spiro atoms. The second-order valence-corrected chi connectivity index (χ2v) is 8.93. The summed E-state index contributed by atoms with van der Waals surface area (Å²) in [5.74, 6) is -106. The van der Waals surface area contributed by atoms with Gasteiger partial charge in [-0.3, -0.25) is 0 Å². The lowest BCUT2D eigenvalue weighted by atomic mass is 9.84. The van der Waals surface area contributed by atoms with Crippen molar-refractivity contribution in [1.82, 2.24) is 0 Å². The highest BCUT2D eigenvalue weighted by Gasteiger charge is 3.00. The van der Waals surface area contributed by atoms with Crippen LogP contribution in [0.25, 0.3) is 0 Å². The van der Waals surface area contributed by atoms with Crippen molar-refractivity contribution in [2.75, 3.05) is 0 Å². The van der Waals surface area contributed by atoms with Gasteiger partial charge in [0, 0.05) is 0 Å². The van der Waals surface area contributed by atoms with E-state index in [1.807, 2.05) is 0 Å². The Morgan fingerprint density at radius 3 is 0.750 bits per heavy atom. The molecule has 0 aliphatic heterocycles. The lowest BCUT2D eigenvalue weighted by molar-refractivity contribution is -0.488. The Morgan fingerprint density at radius 2 is 0.521 bits per heavy atom. The maximum absolute atomic E-state index is 13.9. The van der Waals surface area contributed by atoms with Crippen LogP contribution in [-0.2, 0) is 0 Å². The number of hydrogen-bond donors (Lipinski definition) is 1. The molecule has 0 unspecified atom stereocenters. The van der Waals surface area contributed by atoms with Gasteiger partial charge in [0.15, 0.2) is 0 Å². The number of aromatic hydroxyl groups is 1. The topological polar surface area (TPSA) is 29.5 Å². The zero-order valence-corrected chi connectivity index (χ0v) is 20.9. The van der Waals surface area contributed by atoms with Crippen LogP contribution in [0.3, 0.4) is 0 Å². The number of alkyl halides is 27. The highest BCUT2D eigenvalue weighted by atomic mass is 19.4. The van der Waals surface area contributed by atoms with Crippen molar-refractivity contribution < 1.29 is 128 Å². The zero-order valence-electron chi connectivity index (χ0n) is 20.9. The summed E-state index contributed by atoms with van der Waals surface area (Å²) >= 11 is 0. The second-order valence-electron chi connectivity index (χ2n) is 8.93. The molecule has 0 saturated heterocycles. The summed E-state index contributed by atoms with van der Waals surface area (Å²) in [6.45, 7) is 0. The molecule has 0 atom stereocenters. The van der Waals surface area contributed by atoms with Crippen LogP contribution in [0.2, 0.25) is 0 Å². The molecule has 2 nitrogen and oxygen atoms in total. The van der Waals surface area contributed by atoms with Crippen molar-refractivity contribution in [3.63, 3.8) is 0 Å². The van der Waals surface area contributed by atoms with Crippen molar-refractivity contribution in [1.29, 1.82) is 0 Å². The molecule has 48 heavy (non-hydrogen) atoms. The highest BCUT2D eigenvalue weighted by Crippen LogP contribution is 2.68. The van der Waals surface area contributed by atoms with Gasteiger partial charge in [-0.25, -0.2) is 0 Å². The minimum atomic E-state index is -9.82. The van der Waals surface area contributed by atoms with E-state index >= 15 is 0 Å². The second kappa shape index (κ2) is 11.0. The molecule has 1 N–H and O–H groups in total. The van der Waals surface area contributed by atoms with E-state index in [9.17, 15) is 119 Å². The maximum atomic E-state index is 13.9. The molecule has 1 rings (SSSR count). The SMILES string of the molecule is Oc1ccc(OC(F)(F)C(F)(F)C(F)(F)C(F)(F)C(F)(F)C(F)(F)C(F)(F)C(F)(F)C(F)(F)C(F)(F)C(F)(F)C(F)(F)C(F)(F)F)cc1. The van der Waals surface area contributed by atoms with E-state index in [-0.39, 0.29) is 24.3 Å². The van der Waals surface area contributed by atoms with Gasteiger partial charge in [-0.15, -0.1) is 0 Å². The monoisotopic (exact) mass is 778 g/mol. The van der Waals surface area contributed by atoms with E-state index in [0.717, 1.165) is 0 Å². The summed E-state index contributed by atoms with van der Waals surface area (Å²) in [4.78, 5) is 0. The summed E-state index contributed by atoms with van der Waals surface area (Å²) in [6.07, 6.45) is -15.7. The van der Waals surface area contributed by atoms with Crippen LogP contribution in [0, 0.1) is 0 Å². The maximum Gasteiger partial charge on any atom is 0.471 e. The molecule has 282 valence electrons. The first kappa shape index (κ1) is 43.0. The molecule has 0 amide bonds. The quantitative estimate of drug-likeness (QED) is 0.202. The summed E-state index contributed by atoms with van der Waals surface area (Å²) in [5, 5.41) is 8.86. The molecule has 0 fully saturated rings. The molecule has 0 aliphatic rings. The zero-order chi connectivity index (χ0) is 39.2. The fourth-order valence-electron chi connectivity index (χ4n) is 2.86. The van der Waals surface area contributed by atoms with Gasteiger partial charge in [-0.2, -0.15) is 119 Å². The smallest absolute Gasteiger partial charge is 0.471 e. The average molecular weight is 778 g/mol. The molecular weight excluding hydrogens is 773 g/mol. The van der Waals surface area contributed by atoms with Crippen molar-refractivity contribution in [3.8, 4) is 11.5 Å². The van der Waals surface area contributed by atoms with Gasteiger partial charge in [-0.05, 0) is 24.3 Å². The number of phenolic OH excluding ortho intramolecular Hbond substituents is 1. The Hall–Kier alpha value is -3.07. The normalized spacial score (nSPS) is 16.3. The van der Waals surface area contributed by atoms with Crippen LogP contribution in [0.4, 0.5) is 119 Å². The fraction of sp³-hybridized carbons (Fsp3) is 0.684. The first-order chi connectivity index (χ1) is 20.5. The summed E-state index contributed by atoms with van der Waals surface area (Å²) in [6, 6.07) is 0.0789. The van der Waals surface area contributed by atoms with Gasteiger partial charge in [0.05, 0.1) is 0 Å². The van der Waals surface area contributed by atoms with Crippen LogP contribution >= 0.6 is 0 Å². The fourth-order valence-corrected chi connectivity index (χ4v) is 2.86.